The average Bonchev–Trinajstić information content (AvgIpc) is 3.28. The summed E-state index contributed by atoms with van der Waals surface area (Å²) in [6.45, 7) is 0. The van der Waals surface area contributed by atoms with E-state index in [9.17, 15) is 19.2 Å². The fourth-order valence-electron chi connectivity index (χ4n) is 4.80. The van der Waals surface area contributed by atoms with E-state index < -0.39 is 5.97 Å². The summed E-state index contributed by atoms with van der Waals surface area (Å²) < 4.78 is 0. The molecule has 136 valence electrons. The molecule has 4 rings (SSSR count). The molecule has 7 heteroatoms. The molecule has 1 aromatic carbocycles. The Bertz CT molecular complexity index is 760. The molecule has 3 fully saturated rings. The number of nitrogens with zero attached hydrogens (tertiary/aromatic N) is 1. The van der Waals surface area contributed by atoms with E-state index in [1.54, 1.807) is 24.3 Å². The zero-order valence-corrected chi connectivity index (χ0v) is 14.2. The molecule has 0 spiro atoms. The fraction of sp³-hybridized carbons (Fsp3) is 0.474. The average molecular weight is 356 g/mol. The first-order chi connectivity index (χ1) is 12.5. The van der Waals surface area contributed by atoms with Gasteiger partial charge >= 0.3 is 5.97 Å². The van der Waals surface area contributed by atoms with E-state index in [-0.39, 0.29) is 42.4 Å². The molecule has 1 aromatic rings. The van der Waals surface area contributed by atoms with Crippen molar-refractivity contribution in [3.8, 4) is 0 Å². The van der Waals surface area contributed by atoms with Crippen LogP contribution in [0.4, 0.5) is 11.4 Å². The van der Waals surface area contributed by atoms with E-state index in [2.05, 4.69) is 5.32 Å². The van der Waals surface area contributed by atoms with Gasteiger partial charge < -0.3 is 10.4 Å². The van der Waals surface area contributed by atoms with Crippen LogP contribution >= 0.6 is 0 Å². The van der Waals surface area contributed by atoms with Gasteiger partial charge in [-0.15, -0.1) is 0 Å². The van der Waals surface area contributed by atoms with Crippen molar-refractivity contribution in [1.29, 1.82) is 0 Å². The molecule has 2 bridgehead atoms. The quantitative estimate of drug-likeness (QED) is 0.786. The summed E-state index contributed by atoms with van der Waals surface area (Å²) in [5.41, 5.74) is 1.03. The van der Waals surface area contributed by atoms with Crippen LogP contribution in [0.25, 0.3) is 0 Å². The normalized spacial score (nSPS) is 29.2. The molecular formula is C19H20N2O5. The number of hydrogen-bond acceptors (Lipinski definition) is 4. The second kappa shape index (κ2) is 6.23. The zero-order chi connectivity index (χ0) is 18.4. The molecule has 3 amide bonds. The second-order valence-electron chi connectivity index (χ2n) is 7.39. The van der Waals surface area contributed by atoms with E-state index in [4.69, 9.17) is 5.11 Å². The highest BCUT2D eigenvalue weighted by molar-refractivity contribution is 6.22. The van der Waals surface area contributed by atoms with Gasteiger partial charge in [0.1, 0.15) is 0 Å². The van der Waals surface area contributed by atoms with Gasteiger partial charge in [-0.2, -0.15) is 0 Å². The van der Waals surface area contributed by atoms with E-state index in [1.165, 1.54) is 4.90 Å². The van der Waals surface area contributed by atoms with Crippen LogP contribution in [0.5, 0.6) is 0 Å². The van der Waals surface area contributed by atoms with Crippen molar-refractivity contribution in [3.63, 3.8) is 0 Å². The first kappa shape index (κ1) is 16.8. The summed E-state index contributed by atoms with van der Waals surface area (Å²) in [5.74, 6) is -1.22. The molecule has 3 aliphatic rings. The Morgan fingerprint density at radius 2 is 1.58 bits per heavy atom. The number of carboxylic acid groups (broad SMARTS) is 1. The van der Waals surface area contributed by atoms with Gasteiger partial charge in [0.05, 0.1) is 23.9 Å². The number of hydrogen-bond donors (Lipinski definition) is 2. The third kappa shape index (κ3) is 2.67. The minimum absolute atomic E-state index is 0.0922. The summed E-state index contributed by atoms with van der Waals surface area (Å²) in [5, 5.41) is 11.2. The van der Waals surface area contributed by atoms with Gasteiger partial charge in [0.2, 0.25) is 17.7 Å². The van der Waals surface area contributed by atoms with E-state index in [1.807, 2.05) is 0 Å². The van der Waals surface area contributed by atoms with Crippen LogP contribution in [0.2, 0.25) is 0 Å². The number of carbonyl (C=O) groups excluding carboxylic acids is 3. The third-order valence-electron chi connectivity index (χ3n) is 5.90. The topological polar surface area (TPSA) is 104 Å². The predicted octanol–water partition coefficient (Wildman–Crippen LogP) is 2.03. The molecule has 1 aliphatic heterocycles. The number of imide groups is 1. The monoisotopic (exact) mass is 356 g/mol. The molecule has 0 radical (unpaired) electrons. The molecule has 0 aromatic heterocycles. The molecule has 2 saturated carbocycles. The molecule has 7 nitrogen and oxygen atoms in total. The minimum Gasteiger partial charge on any atom is -0.481 e. The SMILES string of the molecule is O=C(O)CCC(=O)Nc1ccc(N2C(=O)[C@@H]3[C@H]4CC[C@@H](C4)[C@@H]3C2=O)cc1. The summed E-state index contributed by atoms with van der Waals surface area (Å²) in [7, 11) is 0. The summed E-state index contributed by atoms with van der Waals surface area (Å²) in [6, 6.07) is 6.53. The second-order valence-corrected chi connectivity index (χ2v) is 7.39. The Hall–Kier alpha value is -2.70. The van der Waals surface area contributed by atoms with E-state index >= 15 is 0 Å². The molecule has 4 atom stereocenters. The highest BCUT2D eigenvalue weighted by Crippen LogP contribution is 2.56. The smallest absolute Gasteiger partial charge is 0.303 e. The zero-order valence-electron chi connectivity index (χ0n) is 14.2. The predicted molar refractivity (Wildman–Crippen MR) is 92.2 cm³/mol. The number of aliphatic carboxylic acids is 1. The molecule has 2 N–H and O–H groups in total. The van der Waals surface area contributed by atoms with Crippen LogP contribution in [0, 0.1) is 23.7 Å². The van der Waals surface area contributed by atoms with Crippen molar-refractivity contribution >= 4 is 35.1 Å². The highest BCUT2D eigenvalue weighted by Gasteiger charge is 2.61. The molecule has 2 aliphatic carbocycles. The Balaban J connectivity index is 1.46. The lowest BCUT2D eigenvalue weighted by molar-refractivity contribution is -0.138. The molecule has 26 heavy (non-hydrogen) atoms. The van der Waals surface area contributed by atoms with E-state index in [0.29, 0.717) is 23.2 Å². The van der Waals surface area contributed by atoms with Crippen LogP contribution in [-0.4, -0.2) is 28.8 Å². The maximum absolute atomic E-state index is 12.8. The van der Waals surface area contributed by atoms with Crippen LogP contribution in [0.15, 0.2) is 24.3 Å². The van der Waals surface area contributed by atoms with Crippen molar-refractivity contribution in [2.75, 3.05) is 10.2 Å². The molecule has 1 heterocycles. The Morgan fingerprint density at radius 3 is 2.12 bits per heavy atom. The highest BCUT2D eigenvalue weighted by atomic mass is 16.4. The van der Waals surface area contributed by atoms with Crippen molar-refractivity contribution < 1.29 is 24.3 Å². The minimum atomic E-state index is -1.03. The van der Waals surface area contributed by atoms with E-state index in [0.717, 1.165) is 19.3 Å². The Kier molecular flexibility index (Phi) is 4.01. The van der Waals surface area contributed by atoms with Gasteiger partial charge in [-0.1, -0.05) is 0 Å². The van der Waals surface area contributed by atoms with Gasteiger partial charge in [0.15, 0.2) is 0 Å². The van der Waals surface area contributed by atoms with Gasteiger partial charge in [0.25, 0.3) is 0 Å². The maximum atomic E-state index is 12.8. The lowest BCUT2D eigenvalue weighted by Crippen LogP contribution is -2.32. The number of fused-ring (bicyclic) bond motifs is 5. The summed E-state index contributed by atoms with van der Waals surface area (Å²) in [4.78, 5) is 49.0. The molecule has 0 unspecified atom stereocenters. The van der Waals surface area contributed by atoms with Crippen molar-refractivity contribution in [2.45, 2.75) is 32.1 Å². The van der Waals surface area contributed by atoms with Crippen LogP contribution in [-0.2, 0) is 19.2 Å². The van der Waals surface area contributed by atoms with Crippen LogP contribution in [0.1, 0.15) is 32.1 Å². The van der Waals surface area contributed by atoms with Gasteiger partial charge in [-0.25, -0.2) is 0 Å². The maximum Gasteiger partial charge on any atom is 0.303 e. The first-order valence-corrected chi connectivity index (χ1v) is 8.95. The summed E-state index contributed by atoms with van der Waals surface area (Å²) >= 11 is 0. The lowest BCUT2D eigenvalue weighted by atomic mass is 9.81. The molecule has 1 saturated heterocycles. The first-order valence-electron chi connectivity index (χ1n) is 8.95. The fourth-order valence-corrected chi connectivity index (χ4v) is 4.80. The standard InChI is InChI=1S/C19H20N2O5/c22-14(7-8-15(23)24)20-12-3-5-13(6-4-12)21-18(25)16-10-1-2-11(9-10)17(16)19(21)26/h3-6,10-11,16-17H,1-2,7-9H2,(H,20,22)(H,23,24)/t10-,11-,16-,17+/m0/s1. The number of amides is 3. The number of benzene rings is 1. The largest absolute Gasteiger partial charge is 0.481 e. The Morgan fingerprint density at radius 1 is 1.00 bits per heavy atom. The van der Waals surface area contributed by atoms with Gasteiger partial charge in [-0.05, 0) is 55.4 Å². The number of nitrogens with one attached hydrogen (secondary N) is 1. The number of anilines is 2. The van der Waals surface area contributed by atoms with Gasteiger partial charge in [0, 0.05) is 12.1 Å². The van der Waals surface area contributed by atoms with Gasteiger partial charge in [-0.3, -0.25) is 24.1 Å². The lowest BCUT2D eigenvalue weighted by Gasteiger charge is -2.19. The molecular weight excluding hydrogens is 336 g/mol. The van der Waals surface area contributed by atoms with Crippen molar-refractivity contribution in [1.82, 2.24) is 0 Å². The van der Waals surface area contributed by atoms with Crippen molar-refractivity contribution in [3.05, 3.63) is 24.3 Å². The Labute approximate surface area is 150 Å². The third-order valence-corrected chi connectivity index (χ3v) is 5.90. The number of rotatable bonds is 5. The number of carboxylic acids is 1. The van der Waals surface area contributed by atoms with Crippen LogP contribution in [0.3, 0.4) is 0 Å². The van der Waals surface area contributed by atoms with Crippen LogP contribution < -0.4 is 10.2 Å². The van der Waals surface area contributed by atoms with Crippen molar-refractivity contribution in [2.24, 2.45) is 23.7 Å². The summed E-state index contributed by atoms with van der Waals surface area (Å²) in [6.07, 6.45) is 2.75. The number of carbonyl (C=O) groups is 4.